The summed E-state index contributed by atoms with van der Waals surface area (Å²) >= 11 is 5.15. The molecule has 0 atom stereocenters. The van der Waals surface area contributed by atoms with Crippen LogP contribution in [0, 0.1) is 0 Å². The number of aromatic amines is 2. The number of carboxylic acid groups (broad SMARTS) is 1. The highest BCUT2D eigenvalue weighted by Gasteiger charge is 2.16. The number of methoxy groups -OCH3 is 3. The lowest BCUT2D eigenvalue weighted by Gasteiger charge is -2.01. The van der Waals surface area contributed by atoms with Crippen molar-refractivity contribution < 1.29 is 48.1 Å². The van der Waals surface area contributed by atoms with E-state index in [1.54, 1.807) is 6.20 Å². The number of esters is 3. The van der Waals surface area contributed by atoms with Crippen LogP contribution in [0.5, 0.6) is 0 Å². The fourth-order valence-electron chi connectivity index (χ4n) is 4.67. The minimum Gasteiger partial charge on any atom is -0.477 e. The first-order chi connectivity index (χ1) is 27.0. The molecule has 0 saturated carbocycles. The fourth-order valence-corrected chi connectivity index (χ4v) is 4.78. The van der Waals surface area contributed by atoms with Gasteiger partial charge in [-0.05, 0) is 71.6 Å². The molecule has 0 spiro atoms. The smallest absolute Gasteiger partial charge is 0.354 e. The third kappa shape index (κ3) is 11.0. The molecule has 0 radical (unpaired) electrons. The fraction of sp³-hybridized carbons (Fsp3) is 0.0750. The molecule has 5 aromatic heterocycles. The number of aromatic nitrogens is 5. The molecule has 0 aliphatic rings. The Kier molecular flexibility index (Phi) is 14.8. The van der Waals surface area contributed by atoms with E-state index < -0.39 is 29.1 Å². The highest BCUT2D eigenvalue weighted by atomic mass is 35.5. The first kappa shape index (κ1) is 41.2. The molecule has 7 rings (SSSR count). The van der Waals surface area contributed by atoms with Crippen molar-refractivity contribution in [3.63, 3.8) is 0 Å². The molecule has 284 valence electrons. The summed E-state index contributed by atoms with van der Waals surface area (Å²) in [7, 11) is 3.81. The van der Waals surface area contributed by atoms with Crippen molar-refractivity contribution in [2.45, 2.75) is 0 Å². The Bertz CT molecular complexity index is 2360. The molecule has 0 amide bonds. The normalized spacial score (nSPS) is 9.93. The van der Waals surface area contributed by atoms with E-state index in [0.29, 0.717) is 11.1 Å². The number of para-hydroxylation sites is 2. The molecule has 0 fully saturated rings. The van der Waals surface area contributed by atoms with Gasteiger partial charge in [0.25, 0.3) is 5.24 Å². The van der Waals surface area contributed by atoms with Crippen LogP contribution in [-0.2, 0) is 14.2 Å². The summed E-state index contributed by atoms with van der Waals surface area (Å²) in [6.45, 7) is 0. The lowest BCUT2D eigenvalue weighted by atomic mass is 10.1. The van der Waals surface area contributed by atoms with E-state index in [4.69, 9.17) is 16.7 Å². The number of carboxylic acids is 1. The molecule has 16 heteroatoms. The van der Waals surface area contributed by atoms with Gasteiger partial charge in [-0.2, -0.15) is 0 Å². The zero-order valence-electron chi connectivity index (χ0n) is 29.9. The van der Waals surface area contributed by atoms with Crippen molar-refractivity contribution in [2.75, 3.05) is 21.3 Å². The Morgan fingerprint density at radius 2 is 1.05 bits per heavy atom. The number of carbonyl (C=O) groups is 6. The summed E-state index contributed by atoms with van der Waals surface area (Å²) < 4.78 is 13.4. The maximum Gasteiger partial charge on any atom is 0.354 e. The number of nitrogens with one attached hydrogen (secondary N) is 2. The number of aromatic carboxylic acids is 1. The largest absolute Gasteiger partial charge is 0.477 e. The number of H-pyrrole nitrogens is 2. The summed E-state index contributed by atoms with van der Waals surface area (Å²) in [4.78, 5) is 84.0. The van der Waals surface area contributed by atoms with Gasteiger partial charge in [0.2, 0.25) is 5.78 Å². The predicted molar refractivity (Wildman–Crippen MR) is 204 cm³/mol. The summed E-state index contributed by atoms with van der Waals surface area (Å²) in [5, 5.41) is 9.96. The molecule has 7 aromatic rings. The molecule has 15 nitrogen and oxygen atoms in total. The minimum absolute atomic E-state index is 0.104. The molecule has 5 heterocycles. The van der Waals surface area contributed by atoms with Crippen molar-refractivity contribution in [3.05, 3.63) is 161 Å². The van der Waals surface area contributed by atoms with Crippen LogP contribution in [0.25, 0.3) is 21.8 Å². The lowest BCUT2D eigenvalue weighted by Crippen LogP contribution is -2.06. The second-order valence-electron chi connectivity index (χ2n) is 11.0. The zero-order valence-corrected chi connectivity index (χ0v) is 30.6. The quantitative estimate of drug-likeness (QED) is 0.0676. The summed E-state index contributed by atoms with van der Waals surface area (Å²) in [6, 6.07) is 26.3. The van der Waals surface area contributed by atoms with E-state index >= 15 is 0 Å². The zero-order chi connectivity index (χ0) is 40.6. The van der Waals surface area contributed by atoms with Crippen molar-refractivity contribution in [2.24, 2.45) is 0 Å². The van der Waals surface area contributed by atoms with Crippen LogP contribution in [-0.4, -0.2) is 86.3 Å². The second-order valence-corrected chi connectivity index (χ2v) is 11.3. The van der Waals surface area contributed by atoms with Crippen LogP contribution in [0.1, 0.15) is 68.1 Å². The molecular weight excluding hydrogens is 746 g/mol. The molecule has 3 N–H and O–H groups in total. The SMILES string of the molecule is COC(=O)c1ccc(C(=O)Cl)nc1.COC(=O)c1ccc(C(=O)O)nc1.COC(=O)c1ccc(C(=O)c2c[nH]c3ccccc23)nc1.c1ccc2[nH]ccc2c1. The van der Waals surface area contributed by atoms with Gasteiger partial charge in [0.15, 0.2) is 0 Å². The van der Waals surface area contributed by atoms with Crippen molar-refractivity contribution in [1.82, 2.24) is 24.9 Å². The predicted octanol–water partition coefficient (Wildman–Crippen LogP) is 6.56. The topological polar surface area (TPSA) is 221 Å². The number of carbonyl (C=O) groups excluding carboxylic acids is 5. The molecule has 0 bridgehead atoms. The molecule has 0 aliphatic carbocycles. The maximum atomic E-state index is 12.5. The summed E-state index contributed by atoms with van der Waals surface area (Å²) in [5.74, 6) is -2.83. The average Bonchev–Trinajstić information content (AvgIpc) is 3.91. The van der Waals surface area contributed by atoms with Gasteiger partial charge in [-0.1, -0.05) is 36.4 Å². The third-order valence-electron chi connectivity index (χ3n) is 7.50. The van der Waals surface area contributed by atoms with E-state index in [1.807, 2.05) is 42.6 Å². The van der Waals surface area contributed by atoms with Gasteiger partial charge < -0.3 is 29.3 Å². The number of ether oxygens (including phenoxy) is 3. The van der Waals surface area contributed by atoms with E-state index in [1.165, 1.54) is 81.0 Å². The Morgan fingerprint density at radius 3 is 1.52 bits per heavy atom. The minimum atomic E-state index is -1.13. The standard InChI is InChI=1S/C16H12N2O3.C8H6ClNO3.C8H7NO4.C8H7N/c1-21-16(20)10-6-7-14(17-8-10)15(19)12-9-18-13-5-3-2-4-11(12)13;1-13-8(12)5-2-3-6(7(9)11)10-4-5;1-13-8(12)5-2-3-6(7(10)11)9-4-5;1-2-4-8-7(3-1)5-6-9-8/h2-9,18H,1H3;2-4H,1H3;2-4H,1H3,(H,10,11);1-6,9H. The Morgan fingerprint density at radius 1 is 0.571 bits per heavy atom. The average molecular weight is 778 g/mol. The Labute approximate surface area is 323 Å². The van der Waals surface area contributed by atoms with Crippen molar-refractivity contribution in [3.8, 4) is 0 Å². The van der Waals surface area contributed by atoms with Gasteiger partial charge in [0.05, 0.1) is 38.0 Å². The van der Waals surface area contributed by atoms with Gasteiger partial charge in [-0.15, -0.1) is 0 Å². The summed E-state index contributed by atoms with van der Waals surface area (Å²) in [5.41, 5.74) is 3.77. The summed E-state index contributed by atoms with van der Waals surface area (Å²) in [6.07, 6.45) is 7.36. The number of hydrogen-bond donors (Lipinski definition) is 3. The van der Waals surface area contributed by atoms with Crippen LogP contribution < -0.4 is 0 Å². The van der Waals surface area contributed by atoms with Gasteiger partial charge in [0.1, 0.15) is 17.1 Å². The van der Waals surface area contributed by atoms with E-state index in [9.17, 15) is 28.8 Å². The van der Waals surface area contributed by atoms with Crippen LogP contribution in [0.15, 0.2) is 122 Å². The Hall–Kier alpha value is -7.52. The maximum absolute atomic E-state index is 12.5. The van der Waals surface area contributed by atoms with Gasteiger partial charge in [-0.3, -0.25) is 19.6 Å². The molecule has 0 saturated heterocycles. The highest BCUT2D eigenvalue weighted by Crippen LogP contribution is 2.20. The number of rotatable bonds is 7. The van der Waals surface area contributed by atoms with Crippen molar-refractivity contribution in [1.29, 1.82) is 0 Å². The number of nitrogens with zero attached hydrogens (tertiary/aromatic N) is 3. The van der Waals surface area contributed by atoms with Crippen LogP contribution in [0.3, 0.4) is 0 Å². The van der Waals surface area contributed by atoms with E-state index in [0.717, 1.165) is 17.1 Å². The number of fused-ring (bicyclic) bond motifs is 2. The van der Waals surface area contributed by atoms with Gasteiger partial charge in [0, 0.05) is 53.0 Å². The van der Waals surface area contributed by atoms with Gasteiger partial charge in [-0.25, -0.2) is 24.2 Å². The molecule has 2 aromatic carbocycles. The number of halogens is 1. The molecule has 0 aliphatic heterocycles. The first-order valence-corrected chi connectivity index (χ1v) is 16.5. The molecule has 56 heavy (non-hydrogen) atoms. The van der Waals surface area contributed by atoms with Crippen LogP contribution in [0.4, 0.5) is 0 Å². The number of ketones is 1. The monoisotopic (exact) mass is 777 g/mol. The number of pyridine rings is 3. The lowest BCUT2D eigenvalue weighted by molar-refractivity contribution is 0.0591. The first-order valence-electron chi connectivity index (χ1n) is 16.2. The number of benzene rings is 2. The Balaban J connectivity index is 0.000000174. The van der Waals surface area contributed by atoms with E-state index in [-0.39, 0.29) is 34.0 Å². The highest BCUT2D eigenvalue weighted by molar-refractivity contribution is 6.67. The van der Waals surface area contributed by atoms with E-state index in [2.05, 4.69) is 57.3 Å². The molecule has 0 unspecified atom stereocenters. The van der Waals surface area contributed by atoms with Crippen LogP contribution in [0.2, 0.25) is 0 Å². The molecular formula is C40H32ClN5O10. The third-order valence-corrected chi connectivity index (χ3v) is 7.70. The second kappa shape index (κ2) is 20.1. The van der Waals surface area contributed by atoms with Crippen LogP contribution >= 0.6 is 11.6 Å². The van der Waals surface area contributed by atoms with Crippen molar-refractivity contribution >= 4 is 68.3 Å². The van der Waals surface area contributed by atoms with Gasteiger partial charge >= 0.3 is 23.9 Å². The number of hydrogen-bond acceptors (Lipinski definition) is 12.